The van der Waals surface area contributed by atoms with Crippen LogP contribution in [0, 0.1) is 0 Å². The second-order valence-electron chi connectivity index (χ2n) is 9.35. The largest absolute Gasteiger partial charge is 0.382 e. The predicted octanol–water partition coefficient (Wildman–Crippen LogP) is 5.30. The molecule has 0 saturated carbocycles. The number of hydrogen-bond donors (Lipinski definition) is 1. The SMILES string of the molecule is CCOCCCSC1=CCC=C(c2ccnc(Nc3ccc(C(=O)N4CCCN(C(C)=O)CC4)cc3)n2)C=C1. The minimum atomic E-state index is -0.0160. The molecule has 1 aromatic heterocycles. The van der Waals surface area contributed by atoms with Crippen molar-refractivity contribution >= 4 is 40.8 Å². The summed E-state index contributed by atoms with van der Waals surface area (Å²) < 4.78 is 5.42. The summed E-state index contributed by atoms with van der Waals surface area (Å²) in [7, 11) is 0. The molecular formula is C30H37N5O3S. The first kappa shape index (κ1) is 28.6. The Labute approximate surface area is 235 Å². The summed E-state index contributed by atoms with van der Waals surface area (Å²) in [5, 5.41) is 3.25. The minimum absolute atomic E-state index is 0.0160. The first-order chi connectivity index (χ1) is 19.0. The van der Waals surface area contributed by atoms with E-state index < -0.39 is 0 Å². The van der Waals surface area contributed by atoms with Gasteiger partial charge in [-0.2, -0.15) is 0 Å². The van der Waals surface area contributed by atoms with Crippen molar-refractivity contribution in [3.8, 4) is 0 Å². The number of carbonyl (C=O) groups excluding carboxylic acids is 2. The van der Waals surface area contributed by atoms with Crippen molar-refractivity contribution in [3.63, 3.8) is 0 Å². The summed E-state index contributed by atoms with van der Waals surface area (Å²) >= 11 is 1.85. The van der Waals surface area contributed by atoms with Crippen LogP contribution in [-0.2, 0) is 9.53 Å². The smallest absolute Gasteiger partial charge is 0.253 e. The van der Waals surface area contributed by atoms with E-state index in [1.54, 1.807) is 18.0 Å². The summed E-state index contributed by atoms with van der Waals surface area (Å²) in [4.78, 5) is 38.7. The highest BCUT2D eigenvalue weighted by atomic mass is 32.2. The molecule has 1 saturated heterocycles. The average Bonchev–Trinajstić information content (AvgIpc) is 3.35. The van der Waals surface area contributed by atoms with Crippen molar-refractivity contribution in [1.82, 2.24) is 19.8 Å². The lowest BCUT2D eigenvalue weighted by molar-refractivity contribution is -0.128. The Hall–Kier alpha value is -3.43. The number of benzene rings is 1. The molecule has 206 valence electrons. The van der Waals surface area contributed by atoms with Crippen LogP contribution in [0.3, 0.4) is 0 Å². The molecule has 2 aromatic rings. The van der Waals surface area contributed by atoms with Crippen LogP contribution >= 0.6 is 11.8 Å². The molecule has 0 spiro atoms. The number of rotatable bonds is 10. The van der Waals surface area contributed by atoms with Gasteiger partial charge in [0.05, 0.1) is 5.69 Å². The molecule has 39 heavy (non-hydrogen) atoms. The molecule has 1 N–H and O–H groups in total. The van der Waals surface area contributed by atoms with Gasteiger partial charge in [-0.05, 0) is 68.2 Å². The second-order valence-corrected chi connectivity index (χ2v) is 10.5. The topological polar surface area (TPSA) is 87.7 Å². The van der Waals surface area contributed by atoms with Gasteiger partial charge in [-0.25, -0.2) is 9.97 Å². The number of amides is 2. The maximum Gasteiger partial charge on any atom is 0.253 e. The molecule has 4 rings (SSSR count). The molecule has 1 aliphatic heterocycles. The first-order valence-electron chi connectivity index (χ1n) is 13.6. The lowest BCUT2D eigenvalue weighted by atomic mass is 10.1. The van der Waals surface area contributed by atoms with E-state index in [9.17, 15) is 9.59 Å². The Balaban J connectivity index is 1.33. The number of thioether (sulfide) groups is 1. The zero-order chi connectivity index (χ0) is 27.5. The predicted molar refractivity (Wildman–Crippen MR) is 158 cm³/mol. The average molecular weight is 548 g/mol. The summed E-state index contributed by atoms with van der Waals surface area (Å²) in [5.74, 6) is 1.58. The van der Waals surface area contributed by atoms with Crippen molar-refractivity contribution in [2.75, 3.05) is 50.5 Å². The fourth-order valence-corrected chi connectivity index (χ4v) is 5.30. The minimum Gasteiger partial charge on any atom is -0.382 e. The number of anilines is 2. The van der Waals surface area contributed by atoms with Crippen LogP contribution in [0.4, 0.5) is 11.6 Å². The Bertz CT molecular complexity index is 1230. The standard InChI is InChI=1S/C30H37N5O3S/c1-3-38-21-6-22-39-27-8-4-7-24(11-14-27)28-15-16-31-30(33-28)32-26-12-9-25(10-13-26)29(37)35-18-5-17-34(19-20-35)23(2)36/h7-16H,3-6,17-22H2,1-2H3,(H,31,32,33). The highest BCUT2D eigenvalue weighted by Gasteiger charge is 2.21. The fourth-order valence-electron chi connectivity index (χ4n) is 4.43. The Morgan fingerprint density at radius 3 is 2.62 bits per heavy atom. The molecule has 8 nitrogen and oxygen atoms in total. The third-order valence-electron chi connectivity index (χ3n) is 6.56. The van der Waals surface area contributed by atoms with Crippen molar-refractivity contribution < 1.29 is 14.3 Å². The van der Waals surface area contributed by atoms with E-state index in [0.29, 0.717) is 37.7 Å². The number of hydrogen-bond acceptors (Lipinski definition) is 7. The third-order valence-corrected chi connectivity index (χ3v) is 7.69. The number of allylic oxidation sites excluding steroid dienone is 5. The molecule has 1 aromatic carbocycles. The van der Waals surface area contributed by atoms with Gasteiger partial charge in [0, 0.05) is 74.4 Å². The van der Waals surface area contributed by atoms with Gasteiger partial charge in [0.25, 0.3) is 5.91 Å². The molecule has 0 atom stereocenters. The molecule has 1 aliphatic carbocycles. The van der Waals surface area contributed by atoms with E-state index >= 15 is 0 Å². The van der Waals surface area contributed by atoms with Gasteiger partial charge in [0.2, 0.25) is 11.9 Å². The summed E-state index contributed by atoms with van der Waals surface area (Å²) in [5.41, 5.74) is 3.34. The number of carbonyl (C=O) groups is 2. The Morgan fingerprint density at radius 1 is 1.03 bits per heavy atom. The van der Waals surface area contributed by atoms with Gasteiger partial charge in [-0.3, -0.25) is 9.59 Å². The van der Waals surface area contributed by atoms with Crippen LogP contribution < -0.4 is 5.32 Å². The summed E-state index contributed by atoms with van der Waals surface area (Å²) in [6.07, 6.45) is 13.1. The highest BCUT2D eigenvalue weighted by Crippen LogP contribution is 2.26. The second kappa shape index (κ2) is 14.6. The van der Waals surface area contributed by atoms with Crippen LogP contribution in [0.5, 0.6) is 0 Å². The molecule has 0 bridgehead atoms. The van der Waals surface area contributed by atoms with Crippen molar-refractivity contribution in [3.05, 3.63) is 77.0 Å². The summed E-state index contributed by atoms with van der Waals surface area (Å²) in [6.45, 7) is 7.64. The zero-order valence-corrected chi connectivity index (χ0v) is 23.6. The Morgan fingerprint density at radius 2 is 1.82 bits per heavy atom. The zero-order valence-electron chi connectivity index (χ0n) is 22.8. The number of aromatic nitrogens is 2. The Kier molecular flexibility index (Phi) is 10.7. The lowest BCUT2D eigenvalue weighted by Crippen LogP contribution is -2.36. The van der Waals surface area contributed by atoms with Crippen molar-refractivity contribution in [2.45, 2.75) is 33.1 Å². The normalized spacial score (nSPS) is 15.7. The van der Waals surface area contributed by atoms with Crippen LogP contribution in [0.2, 0.25) is 0 Å². The van der Waals surface area contributed by atoms with Crippen molar-refractivity contribution in [2.24, 2.45) is 0 Å². The molecule has 2 amide bonds. The number of ether oxygens (including phenoxy) is 1. The van der Waals surface area contributed by atoms with Crippen LogP contribution in [0.1, 0.15) is 49.2 Å². The highest BCUT2D eigenvalue weighted by molar-refractivity contribution is 8.03. The van der Waals surface area contributed by atoms with Crippen LogP contribution in [0.25, 0.3) is 5.57 Å². The van der Waals surface area contributed by atoms with E-state index in [0.717, 1.165) is 55.2 Å². The summed E-state index contributed by atoms with van der Waals surface area (Å²) in [6, 6.07) is 9.28. The van der Waals surface area contributed by atoms with E-state index in [-0.39, 0.29) is 11.8 Å². The number of nitrogens with zero attached hydrogens (tertiary/aromatic N) is 4. The maximum absolute atomic E-state index is 13.0. The molecule has 2 aliphatic rings. The first-order valence-corrected chi connectivity index (χ1v) is 14.6. The van der Waals surface area contributed by atoms with E-state index in [1.165, 1.54) is 4.91 Å². The number of nitrogens with one attached hydrogen (secondary N) is 1. The molecule has 2 heterocycles. The fraction of sp³-hybridized carbons (Fsp3) is 0.400. The lowest BCUT2D eigenvalue weighted by Gasteiger charge is -2.21. The van der Waals surface area contributed by atoms with E-state index in [2.05, 4.69) is 34.6 Å². The molecule has 1 fully saturated rings. The molecule has 0 radical (unpaired) electrons. The van der Waals surface area contributed by atoms with Gasteiger partial charge >= 0.3 is 0 Å². The molecular weight excluding hydrogens is 510 g/mol. The quantitative estimate of drug-likeness (QED) is 0.404. The van der Waals surface area contributed by atoms with Crippen LogP contribution in [0.15, 0.2) is 65.7 Å². The van der Waals surface area contributed by atoms with Gasteiger partial charge < -0.3 is 19.9 Å². The van der Waals surface area contributed by atoms with Gasteiger partial charge in [0.1, 0.15) is 0 Å². The third kappa shape index (κ3) is 8.53. The monoisotopic (exact) mass is 547 g/mol. The van der Waals surface area contributed by atoms with Crippen LogP contribution in [-0.4, -0.2) is 76.7 Å². The molecule has 0 unspecified atom stereocenters. The van der Waals surface area contributed by atoms with Gasteiger partial charge in [0.15, 0.2) is 0 Å². The maximum atomic E-state index is 13.0. The van der Waals surface area contributed by atoms with Crippen molar-refractivity contribution in [1.29, 1.82) is 0 Å². The van der Waals surface area contributed by atoms with E-state index in [4.69, 9.17) is 9.72 Å². The van der Waals surface area contributed by atoms with E-state index in [1.807, 2.05) is 53.9 Å². The van der Waals surface area contributed by atoms with Gasteiger partial charge in [-0.15, -0.1) is 11.8 Å². The van der Waals surface area contributed by atoms with Gasteiger partial charge in [-0.1, -0.05) is 18.2 Å². The molecule has 9 heteroatoms.